The maximum atomic E-state index is 5.27. The van der Waals surface area contributed by atoms with E-state index in [0.29, 0.717) is 6.61 Å². The predicted molar refractivity (Wildman–Crippen MR) is 91.0 cm³/mol. The van der Waals surface area contributed by atoms with Gasteiger partial charge >= 0.3 is 0 Å². The van der Waals surface area contributed by atoms with Crippen LogP contribution < -0.4 is 5.32 Å². The number of thiophene rings is 1. The van der Waals surface area contributed by atoms with E-state index in [1.54, 1.807) is 7.11 Å². The second kappa shape index (κ2) is 6.29. The van der Waals surface area contributed by atoms with E-state index in [4.69, 9.17) is 4.74 Å². The van der Waals surface area contributed by atoms with Crippen LogP contribution in [-0.4, -0.2) is 7.11 Å². The third kappa shape index (κ3) is 3.09. The molecule has 0 spiro atoms. The van der Waals surface area contributed by atoms with E-state index >= 15 is 0 Å². The van der Waals surface area contributed by atoms with E-state index in [1.807, 2.05) is 17.4 Å². The normalized spacial score (nSPS) is 12.5. The van der Waals surface area contributed by atoms with Crippen LogP contribution in [0, 0.1) is 0 Å². The highest BCUT2D eigenvalue weighted by Crippen LogP contribution is 2.32. The van der Waals surface area contributed by atoms with Gasteiger partial charge < -0.3 is 10.1 Å². The minimum Gasteiger partial charge on any atom is -0.380 e. The van der Waals surface area contributed by atoms with Crippen molar-refractivity contribution in [3.05, 3.63) is 65.0 Å². The van der Waals surface area contributed by atoms with Gasteiger partial charge in [0.05, 0.1) is 12.6 Å². The van der Waals surface area contributed by atoms with Crippen molar-refractivity contribution < 1.29 is 4.74 Å². The number of hydrogen-bond acceptors (Lipinski definition) is 3. The van der Waals surface area contributed by atoms with Crippen molar-refractivity contribution in [2.75, 3.05) is 12.4 Å². The second-order valence-corrected chi connectivity index (χ2v) is 6.26. The molecule has 21 heavy (non-hydrogen) atoms. The molecule has 108 valence electrons. The fourth-order valence-electron chi connectivity index (χ4n) is 2.46. The number of benzene rings is 2. The van der Waals surface area contributed by atoms with Gasteiger partial charge in [-0.2, -0.15) is 0 Å². The van der Waals surface area contributed by atoms with Gasteiger partial charge in [0.15, 0.2) is 0 Å². The summed E-state index contributed by atoms with van der Waals surface area (Å²) in [6, 6.07) is 19.4. The zero-order valence-electron chi connectivity index (χ0n) is 12.3. The van der Waals surface area contributed by atoms with Crippen LogP contribution in [0.2, 0.25) is 0 Å². The number of hydrogen-bond donors (Lipinski definition) is 1. The number of ether oxygens (including phenoxy) is 1. The van der Waals surface area contributed by atoms with Gasteiger partial charge in [-0.15, -0.1) is 11.3 Å². The summed E-state index contributed by atoms with van der Waals surface area (Å²) in [5, 5.41) is 4.92. The summed E-state index contributed by atoms with van der Waals surface area (Å²) in [5.41, 5.74) is 2.33. The molecule has 1 atom stereocenters. The van der Waals surface area contributed by atoms with Crippen molar-refractivity contribution in [3.8, 4) is 0 Å². The van der Waals surface area contributed by atoms with Crippen molar-refractivity contribution >= 4 is 27.1 Å². The molecule has 3 heteroatoms. The third-order valence-electron chi connectivity index (χ3n) is 3.56. The minimum atomic E-state index is 0.278. The molecule has 0 bridgehead atoms. The Balaban J connectivity index is 1.84. The highest BCUT2D eigenvalue weighted by molar-refractivity contribution is 7.19. The summed E-state index contributed by atoms with van der Waals surface area (Å²) in [6.07, 6.45) is 0. The summed E-state index contributed by atoms with van der Waals surface area (Å²) in [5.74, 6) is 0. The number of rotatable bonds is 5. The quantitative estimate of drug-likeness (QED) is 0.697. The SMILES string of the molecule is COCc1ccccc1NC(C)c1cc2ccccc2s1. The second-order valence-electron chi connectivity index (χ2n) is 5.14. The molecule has 2 aromatic carbocycles. The Morgan fingerprint density at radius 2 is 1.86 bits per heavy atom. The van der Waals surface area contributed by atoms with Gasteiger partial charge in [-0.3, -0.25) is 0 Å². The fourth-order valence-corrected chi connectivity index (χ4v) is 3.53. The molecule has 3 rings (SSSR count). The van der Waals surface area contributed by atoms with Crippen LogP contribution in [0.4, 0.5) is 5.69 Å². The molecule has 0 aliphatic heterocycles. The maximum absolute atomic E-state index is 5.27. The zero-order valence-corrected chi connectivity index (χ0v) is 13.1. The molecule has 1 N–H and O–H groups in total. The van der Waals surface area contributed by atoms with Crippen LogP contribution >= 0.6 is 11.3 Å². The molecular formula is C18H19NOS. The van der Waals surface area contributed by atoms with Crippen molar-refractivity contribution in [1.82, 2.24) is 0 Å². The van der Waals surface area contributed by atoms with Gasteiger partial charge in [-0.1, -0.05) is 36.4 Å². The lowest BCUT2D eigenvalue weighted by Gasteiger charge is -2.16. The highest BCUT2D eigenvalue weighted by Gasteiger charge is 2.11. The molecule has 0 radical (unpaired) electrons. The van der Waals surface area contributed by atoms with Crippen molar-refractivity contribution in [2.24, 2.45) is 0 Å². The fraction of sp³-hybridized carbons (Fsp3) is 0.222. The van der Waals surface area contributed by atoms with Gasteiger partial charge in [-0.25, -0.2) is 0 Å². The Hall–Kier alpha value is -1.84. The molecular weight excluding hydrogens is 278 g/mol. The summed E-state index contributed by atoms with van der Waals surface area (Å²) < 4.78 is 6.61. The summed E-state index contributed by atoms with van der Waals surface area (Å²) in [4.78, 5) is 1.35. The molecule has 0 saturated heterocycles. The Labute approximate surface area is 129 Å². The maximum Gasteiger partial charge on any atom is 0.0733 e. The lowest BCUT2D eigenvalue weighted by Crippen LogP contribution is -2.07. The molecule has 1 aromatic heterocycles. The topological polar surface area (TPSA) is 21.3 Å². The molecule has 1 heterocycles. The molecule has 2 nitrogen and oxygen atoms in total. The lowest BCUT2D eigenvalue weighted by atomic mass is 10.1. The first-order valence-electron chi connectivity index (χ1n) is 7.10. The first-order valence-corrected chi connectivity index (χ1v) is 7.91. The van der Waals surface area contributed by atoms with Crippen molar-refractivity contribution in [3.63, 3.8) is 0 Å². The number of anilines is 1. The molecule has 0 aliphatic rings. The molecule has 0 fully saturated rings. The third-order valence-corrected chi connectivity index (χ3v) is 4.86. The van der Waals surface area contributed by atoms with E-state index < -0.39 is 0 Å². The monoisotopic (exact) mass is 297 g/mol. The van der Waals surface area contributed by atoms with Crippen LogP contribution in [0.5, 0.6) is 0 Å². The Kier molecular flexibility index (Phi) is 4.23. The van der Waals surface area contributed by atoms with Gasteiger partial charge in [0.25, 0.3) is 0 Å². The van der Waals surface area contributed by atoms with Crippen molar-refractivity contribution in [1.29, 1.82) is 0 Å². The summed E-state index contributed by atoms with van der Waals surface area (Å²) in [6.45, 7) is 2.83. The molecule has 0 saturated carbocycles. The number of para-hydroxylation sites is 1. The van der Waals surface area contributed by atoms with Crippen LogP contribution in [0.25, 0.3) is 10.1 Å². The Bertz CT molecular complexity index is 702. The van der Waals surface area contributed by atoms with Crippen LogP contribution in [0.3, 0.4) is 0 Å². The van der Waals surface area contributed by atoms with Crippen LogP contribution in [-0.2, 0) is 11.3 Å². The van der Waals surface area contributed by atoms with Gasteiger partial charge in [0, 0.05) is 27.9 Å². The molecule has 0 amide bonds. The average Bonchev–Trinajstić information content (AvgIpc) is 2.93. The van der Waals surface area contributed by atoms with Crippen LogP contribution in [0.15, 0.2) is 54.6 Å². The van der Waals surface area contributed by atoms with Crippen molar-refractivity contribution in [2.45, 2.75) is 19.6 Å². The first kappa shape index (κ1) is 14.1. The van der Waals surface area contributed by atoms with Gasteiger partial charge in [0.1, 0.15) is 0 Å². The number of nitrogens with one attached hydrogen (secondary N) is 1. The zero-order chi connectivity index (χ0) is 14.7. The highest BCUT2D eigenvalue weighted by atomic mass is 32.1. The van der Waals surface area contributed by atoms with Crippen LogP contribution in [0.1, 0.15) is 23.4 Å². The standard InChI is InChI=1S/C18H19NOS/c1-13(18-11-14-7-4-6-10-17(14)21-18)19-16-9-5-3-8-15(16)12-20-2/h3-11,13,19H,12H2,1-2H3. The smallest absolute Gasteiger partial charge is 0.0733 e. The molecule has 0 aliphatic carbocycles. The lowest BCUT2D eigenvalue weighted by molar-refractivity contribution is 0.185. The summed E-state index contributed by atoms with van der Waals surface area (Å²) in [7, 11) is 1.73. The minimum absolute atomic E-state index is 0.278. The van der Waals surface area contributed by atoms with E-state index in [0.717, 1.165) is 5.69 Å². The molecule has 3 aromatic rings. The number of fused-ring (bicyclic) bond motifs is 1. The van der Waals surface area contributed by atoms with Gasteiger partial charge in [-0.05, 0) is 30.5 Å². The predicted octanol–water partition coefficient (Wildman–Crippen LogP) is 5.22. The van der Waals surface area contributed by atoms with E-state index in [1.165, 1.54) is 20.5 Å². The van der Waals surface area contributed by atoms with Gasteiger partial charge in [0.2, 0.25) is 0 Å². The van der Waals surface area contributed by atoms with E-state index in [9.17, 15) is 0 Å². The Morgan fingerprint density at radius 3 is 2.67 bits per heavy atom. The molecule has 1 unspecified atom stereocenters. The largest absolute Gasteiger partial charge is 0.380 e. The number of methoxy groups -OCH3 is 1. The van der Waals surface area contributed by atoms with E-state index in [-0.39, 0.29) is 6.04 Å². The van der Waals surface area contributed by atoms with E-state index in [2.05, 4.69) is 60.8 Å². The Morgan fingerprint density at radius 1 is 1.10 bits per heavy atom. The summed E-state index contributed by atoms with van der Waals surface area (Å²) >= 11 is 1.85. The first-order chi connectivity index (χ1) is 10.3. The average molecular weight is 297 g/mol.